The first kappa shape index (κ1) is 14.5. The largest absolute Gasteiger partial charge is 0.380 e. The van der Waals surface area contributed by atoms with E-state index in [2.05, 4.69) is 38.2 Å². The van der Waals surface area contributed by atoms with Crippen molar-refractivity contribution < 1.29 is 4.92 Å². The van der Waals surface area contributed by atoms with Gasteiger partial charge in [-0.25, -0.2) is 0 Å². The zero-order chi connectivity index (χ0) is 14.8. The summed E-state index contributed by atoms with van der Waals surface area (Å²) in [5, 5.41) is 13.9. The Morgan fingerprint density at radius 2 is 1.80 bits per heavy atom. The number of hydrogen-bond acceptors (Lipinski definition) is 4. The number of nitro groups is 1. The van der Waals surface area contributed by atoms with Gasteiger partial charge in [-0.05, 0) is 29.7 Å². The number of thiophene rings is 1. The third-order valence-electron chi connectivity index (χ3n) is 2.95. The van der Waals surface area contributed by atoms with Crippen LogP contribution in [0, 0.1) is 10.1 Å². The van der Waals surface area contributed by atoms with Crippen molar-refractivity contribution >= 4 is 22.7 Å². The summed E-state index contributed by atoms with van der Waals surface area (Å²) in [4.78, 5) is 12.8. The second kappa shape index (κ2) is 5.63. The number of nitrogens with zero attached hydrogens (tertiary/aromatic N) is 1. The fourth-order valence-electron chi connectivity index (χ4n) is 1.77. The predicted molar refractivity (Wildman–Crippen MR) is 83.4 cm³/mol. The van der Waals surface area contributed by atoms with Gasteiger partial charge >= 0.3 is 0 Å². The van der Waals surface area contributed by atoms with Gasteiger partial charge in [0.2, 0.25) is 0 Å². The molecule has 0 amide bonds. The molecule has 106 valence electrons. The first-order valence-electron chi connectivity index (χ1n) is 6.44. The summed E-state index contributed by atoms with van der Waals surface area (Å²) < 4.78 is 0. The highest BCUT2D eigenvalue weighted by Gasteiger charge is 2.15. The average molecular weight is 290 g/mol. The molecule has 1 heterocycles. The molecule has 20 heavy (non-hydrogen) atoms. The molecule has 0 unspecified atom stereocenters. The van der Waals surface area contributed by atoms with Crippen LogP contribution in [-0.4, -0.2) is 4.92 Å². The summed E-state index contributed by atoms with van der Waals surface area (Å²) in [6, 6.07) is 10.8. The lowest BCUT2D eigenvalue weighted by atomic mass is 9.95. The molecule has 0 aliphatic carbocycles. The summed E-state index contributed by atoms with van der Waals surface area (Å²) in [6.07, 6.45) is 0. The van der Waals surface area contributed by atoms with Crippen molar-refractivity contribution in [3.8, 4) is 0 Å². The van der Waals surface area contributed by atoms with Gasteiger partial charge in [-0.1, -0.05) is 20.8 Å². The molecular weight excluding hydrogens is 272 g/mol. The number of nitro benzene ring substituents is 1. The molecule has 2 rings (SSSR count). The van der Waals surface area contributed by atoms with E-state index in [4.69, 9.17) is 0 Å². The number of hydrogen-bond donors (Lipinski definition) is 1. The van der Waals surface area contributed by atoms with Crippen LogP contribution >= 0.6 is 11.3 Å². The SMILES string of the molecule is CC(C)(C)c1ccc(CNc2ccc([N+](=O)[O-])cc2)s1. The highest BCUT2D eigenvalue weighted by atomic mass is 32.1. The van der Waals surface area contributed by atoms with E-state index in [-0.39, 0.29) is 11.1 Å². The molecule has 1 N–H and O–H groups in total. The van der Waals surface area contributed by atoms with Crippen LogP contribution < -0.4 is 5.32 Å². The summed E-state index contributed by atoms with van der Waals surface area (Å²) >= 11 is 1.80. The summed E-state index contributed by atoms with van der Waals surface area (Å²) in [6.45, 7) is 7.34. The van der Waals surface area contributed by atoms with Gasteiger partial charge < -0.3 is 5.32 Å². The molecule has 2 aromatic rings. The average Bonchev–Trinajstić information content (AvgIpc) is 2.85. The van der Waals surface area contributed by atoms with Crippen molar-refractivity contribution in [3.05, 3.63) is 56.3 Å². The van der Waals surface area contributed by atoms with Crippen LogP contribution in [0.3, 0.4) is 0 Å². The summed E-state index contributed by atoms with van der Waals surface area (Å²) in [7, 11) is 0. The molecule has 0 bridgehead atoms. The smallest absolute Gasteiger partial charge is 0.269 e. The van der Waals surface area contributed by atoms with Crippen LogP contribution in [0.1, 0.15) is 30.5 Å². The topological polar surface area (TPSA) is 55.2 Å². The van der Waals surface area contributed by atoms with Crippen molar-refractivity contribution in [1.29, 1.82) is 0 Å². The van der Waals surface area contributed by atoms with Crippen molar-refractivity contribution in [3.63, 3.8) is 0 Å². The lowest BCUT2D eigenvalue weighted by Gasteiger charge is -2.15. The van der Waals surface area contributed by atoms with E-state index in [1.165, 1.54) is 21.9 Å². The Morgan fingerprint density at radius 3 is 2.30 bits per heavy atom. The van der Waals surface area contributed by atoms with Crippen molar-refractivity contribution in [2.45, 2.75) is 32.7 Å². The molecule has 4 nitrogen and oxygen atoms in total. The standard InChI is InChI=1S/C15H18N2O2S/c1-15(2,3)14-9-8-13(20-14)10-16-11-4-6-12(7-5-11)17(18)19/h4-9,16H,10H2,1-3H3. The third kappa shape index (κ3) is 3.57. The van der Waals surface area contributed by atoms with Crippen molar-refractivity contribution in [2.24, 2.45) is 0 Å². The van der Waals surface area contributed by atoms with E-state index in [0.29, 0.717) is 0 Å². The molecule has 0 fully saturated rings. The number of rotatable bonds is 4. The van der Waals surface area contributed by atoms with Crippen LogP contribution in [0.2, 0.25) is 0 Å². The summed E-state index contributed by atoms with van der Waals surface area (Å²) in [5.74, 6) is 0. The molecule has 0 aliphatic rings. The molecular formula is C15H18N2O2S. The molecule has 1 aromatic heterocycles. The Bertz CT molecular complexity index is 597. The van der Waals surface area contributed by atoms with E-state index in [9.17, 15) is 10.1 Å². The molecule has 0 saturated heterocycles. The fraction of sp³-hybridized carbons (Fsp3) is 0.333. The van der Waals surface area contributed by atoms with Crippen LogP contribution in [0.4, 0.5) is 11.4 Å². The quantitative estimate of drug-likeness (QED) is 0.663. The zero-order valence-electron chi connectivity index (χ0n) is 11.8. The van der Waals surface area contributed by atoms with Gasteiger partial charge in [0.1, 0.15) is 0 Å². The highest BCUT2D eigenvalue weighted by molar-refractivity contribution is 7.12. The summed E-state index contributed by atoms with van der Waals surface area (Å²) in [5.41, 5.74) is 1.18. The highest BCUT2D eigenvalue weighted by Crippen LogP contribution is 2.29. The molecule has 0 saturated carbocycles. The predicted octanol–water partition coefficient (Wildman–Crippen LogP) is 4.57. The van der Waals surface area contributed by atoms with Crippen molar-refractivity contribution in [1.82, 2.24) is 0 Å². The minimum Gasteiger partial charge on any atom is -0.380 e. The molecule has 0 atom stereocenters. The van der Waals surface area contributed by atoms with Gasteiger partial charge in [0.05, 0.1) is 4.92 Å². The Kier molecular flexibility index (Phi) is 4.09. The lowest BCUT2D eigenvalue weighted by Crippen LogP contribution is -2.07. The number of anilines is 1. The molecule has 0 aliphatic heterocycles. The Balaban J connectivity index is 1.98. The van der Waals surface area contributed by atoms with Crippen LogP contribution in [-0.2, 0) is 12.0 Å². The van der Waals surface area contributed by atoms with E-state index >= 15 is 0 Å². The Hall–Kier alpha value is -1.88. The first-order chi connectivity index (χ1) is 9.36. The maximum Gasteiger partial charge on any atom is 0.269 e. The van der Waals surface area contributed by atoms with Gasteiger partial charge in [0.15, 0.2) is 0 Å². The minimum atomic E-state index is -0.390. The molecule has 5 heteroatoms. The molecule has 0 radical (unpaired) electrons. The fourth-order valence-corrected chi connectivity index (χ4v) is 2.77. The maximum absolute atomic E-state index is 10.6. The first-order valence-corrected chi connectivity index (χ1v) is 7.25. The van der Waals surface area contributed by atoms with E-state index < -0.39 is 4.92 Å². The number of non-ortho nitro benzene ring substituents is 1. The molecule has 0 spiro atoms. The Morgan fingerprint density at radius 1 is 1.15 bits per heavy atom. The van der Waals surface area contributed by atoms with Gasteiger partial charge in [-0.15, -0.1) is 11.3 Å². The number of nitrogens with one attached hydrogen (secondary N) is 1. The normalized spacial score (nSPS) is 11.3. The second-order valence-electron chi connectivity index (χ2n) is 5.67. The lowest BCUT2D eigenvalue weighted by molar-refractivity contribution is -0.384. The van der Waals surface area contributed by atoms with Crippen LogP contribution in [0.5, 0.6) is 0 Å². The molecule has 1 aromatic carbocycles. The third-order valence-corrected chi connectivity index (χ3v) is 4.46. The van der Waals surface area contributed by atoms with E-state index in [1.54, 1.807) is 23.5 Å². The van der Waals surface area contributed by atoms with Crippen LogP contribution in [0.25, 0.3) is 0 Å². The van der Waals surface area contributed by atoms with Crippen LogP contribution in [0.15, 0.2) is 36.4 Å². The second-order valence-corrected chi connectivity index (χ2v) is 6.84. The number of benzene rings is 1. The zero-order valence-corrected chi connectivity index (χ0v) is 12.7. The van der Waals surface area contributed by atoms with E-state index in [1.807, 2.05) is 0 Å². The van der Waals surface area contributed by atoms with Gasteiger partial charge in [-0.3, -0.25) is 10.1 Å². The monoisotopic (exact) mass is 290 g/mol. The van der Waals surface area contributed by atoms with Gasteiger partial charge in [-0.2, -0.15) is 0 Å². The van der Waals surface area contributed by atoms with E-state index in [0.717, 1.165) is 12.2 Å². The maximum atomic E-state index is 10.6. The Labute approximate surface area is 122 Å². The van der Waals surface area contributed by atoms with Gasteiger partial charge in [0, 0.05) is 34.1 Å². The van der Waals surface area contributed by atoms with Crippen molar-refractivity contribution in [2.75, 3.05) is 5.32 Å². The van der Waals surface area contributed by atoms with Gasteiger partial charge in [0.25, 0.3) is 5.69 Å². The minimum absolute atomic E-state index is 0.113.